The average molecular weight is 373 g/mol. The molecular formula is C18H23N5O2S. The maximum atomic E-state index is 12.7. The fourth-order valence-electron chi connectivity index (χ4n) is 4.18. The van der Waals surface area contributed by atoms with Crippen molar-refractivity contribution in [1.29, 1.82) is 0 Å². The van der Waals surface area contributed by atoms with Crippen LogP contribution in [0.4, 0.5) is 0 Å². The SMILES string of the molecule is O=C1CCC2(CCCN(C(=O)c3cscn3)C2)CN1CCc1cnc[nH]1. The van der Waals surface area contributed by atoms with Gasteiger partial charge in [-0.05, 0) is 19.3 Å². The van der Waals surface area contributed by atoms with Crippen molar-refractivity contribution in [3.05, 3.63) is 34.8 Å². The summed E-state index contributed by atoms with van der Waals surface area (Å²) in [5.74, 6) is 0.240. The maximum absolute atomic E-state index is 12.7. The zero-order chi connectivity index (χ0) is 18.0. The number of rotatable bonds is 4. The summed E-state index contributed by atoms with van der Waals surface area (Å²) in [5, 5.41) is 1.81. The summed E-state index contributed by atoms with van der Waals surface area (Å²) in [7, 11) is 0. The predicted octanol–water partition coefficient (Wildman–Crippen LogP) is 1.95. The number of imidazole rings is 1. The van der Waals surface area contributed by atoms with Gasteiger partial charge in [0.05, 0.1) is 11.8 Å². The molecule has 2 aliphatic heterocycles. The largest absolute Gasteiger partial charge is 0.348 e. The molecule has 138 valence electrons. The van der Waals surface area contributed by atoms with Crippen molar-refractivity contribution in [2.45, 2.75) is 32.1 Å². The molecule has 0 aromatic carbocycles. The first-order valence-electron chi connectivity index (χ1n) is 9.08. The molecule has 26 heavy (non-hydrogen) atoms. The van der Waals surface area contributed by atoms with E-state index in [0.717, 1.165) is 51.0 Å². The number of hydrogen-bond donors (Lipinski definition) is 1. The monoisotopic (exact) mass is 373 g/mol. The molecule has 1 N–H and O–H groups in total. The van der Waals surface area contributed by atoms with Gasteiger partial charge in [0.15, 0.2) is 0 Å². The lowest BCUT2D eigenvalue weighted by atomic mass is 9.73. The molecule has 0 radical (unpaired) electrons. The number of piperidine rings is 2. The van der Waals surface area contributed by atoms with Crippen LogP contribution >= 0.6 is 11.3 Å². The second kappa shape index (κ2) is 7.19. The molecule has 2 aliphatic rings. The Balaban J connectivity index is 1.43. The van der Waals surface area contributed by atoms with Crippen LogP contribution in [0.2, 0.25) is 0 Å². The van der Waals surface area contributed by atoms with Crippen LogP contribution < -0.4 is 0 Å². The van der Waals surface area contributed by atoms with Crippen LogP contribution in [0, 0.1) is 5.41 Å². The highest BCUT2D eigenvalue weighted by atomic mass is 32.1. The van der Waals surface area contributed by atoms with Crippen LogP contribution in [-0.4, -0.2) is 62.7 Å². The molecule has 8 heteroatoms. The quantitative estimate of drug-likeness (QED) is 0.888. The summed E-state index contributed by atoms with van der Waals surface area (Å²) >= 11 is 1.45. The molecule has 1 unspecified atom stereocenters. The van der Waals surface area contributed by atoms with Crippen LogP contribution in [-0.2, 0) is 11.2 Å². The molecule has 0 aliphatic carbocycles. The third-order valence-electron chi connectivity index (χ3n) is 5.55. The molecule has 2 aromatic heterocycles. The number of amides is 2. The first kappa shape index (κ1) is 17.2. The van der Waals surface area contributed by atoms with E-state index >= 15 is 0 Å². The minimum atomic E-state index is 0.0197. The van der Waals surface area contributed by atoms with E-state index in [1.165, 1.54) is 11.3 Å². The van der Waals surface area contributed by atoms with E-state index < -0.39 is 0 Å². The van der Waals surface area contributed by atoms with Gasteiger partial charge in [0.25, 0.3) is 5.91 Å². The third kappa shape index (κ3) is 3.51. The van der Waals surface area contributed by atoms with Gasteiger partial charge in [-0.1, -0.05) is 0 Å². The van der Waals surface area contributed by atoms with E-state index in [2.05, 4.69) is 15.0 Å². The Labute approximate surface area is 156 Å². The van der Waals surface area contributed by atoms with Crippen molar-refractivity contribution in [3.8, 4) is 0 Å². The number of carbonyl (C=O) groups is 2. The molecule has 2 aromatic rings. The van der Waals surface area contributed by atoms with Gasteiger partial charge in [-0.15, -0.1) is 11.3 Å². The highest BCUT2D eigenvalue weighted by Gasteiger charge is 2.42. The Bertz CT molecular complexity index is 761. The van der Waals surface area contributed by atoms with E-state index in [1.807, 2.05) is 15.2 Å². The van der Waals surface area contributed by atoms with Crippen LogP contribution in [0.1, 0.15) is 41.9 Å². The second-order valence-electron chi connectivity index (χ2n) is 7.35. The molecule has 0 bridgehead atoms. The minimum absolute atomic E-state index is 0.0197. The summed E-state index contributed by atoms with van der Waals surface area (Å²) in [5.41, 5.74) is 3.30. The number of nitrogens with one attached hydrogen (secondary N) is 1. The van der Waals surface area contributed by atoms with Crippen molar-refractivity contribution < 1.29 is 9.59 Å². The lowest BCUT2D eigenvalue weighted by Crippen LogP contribution is -2.55. The second-order valence-corrected chi connectivity index (χ2v) is 8.06. The molecule has 1 spiro atoms. The first-order chi connectivity index (χ1) is 12.7. The normalized spacial score (nSPS) is 23.6. The number of likely N-dealkylation sites (tertiary alicyclic amines) is 2. The highest BCUT2D eigenvalue weighted by Crippen LogP contribution is 2.39. The van der Waals surface area contributed by atoms with E-state index in [-0.39, 0.29) is 17.2 Å². The molecule has 4 heterocycles. The zero-order valence-corrected chi connectivity index (χ0v) is 15.5. The first-order valence-corrected chi connectivity index (χ1v) is 10.0. The third-order valence-corrected chi connectivity index (χ3v) is 6.14. The van der Waals surface area contributed by atoms with Crippen LogP contribution in [0.3, 0.4) is 0 Å². The Hall–Kier alpha value is -2.22. The summed E-state index contributed by atoms with van der Waals surface area (Å²) in [4.78, 5) is 40.3. The number of nitrogens with zero attached hydrogens (tertiary/aromatic N) is 4. The number of hydrogen-bond acceptors (Lipinski definition) is 5. The molecule has 2 saturated heterocycles. The summed E-state index contributed by atoms with van der Waals surface area (Å²) in [6.45, 7) is 2.93. The topological polar surface area (TPSA) is 82.2 Å². The minimum Gasteiger partial charge on any atom is -0.348 e. The van der Waals surface area contributed by atoms with Gasteiger partial charge in [-0.2, -0.15) is 0 Å². The maximum Gasteiger partial charge on any atom is 0.273 e. The van der Waals surface area contributed by atoms with E-state index in [0.29, 0.717) is 18.7 Å². The Kier molecular flexibility index (Phi) is 4.76. The van der Waals surface area contributed by atoms with Crippen molar-refractivity contribution in [1.82, 2.24) is 24.8 Å². The Morgan fingerprint density at radius 1 is 1.35 bits per heavy atom. The summed E-state index contributed by atoms with van der Waals surface area (Å²) < 4.78 is 0. The number of thiazole rings is 1. The molecule has 0 saturated carbocycles. The zero-order valence-electron chi connectivity index (χ0n) is 14.7. The van der Waals surface area contributed by atoms with E-state index in [9.17, 15) is 9.59 Å². The predicted molar refractivity (Wildman–Crippen MR) is 97.8 cm³/mol. The van der Waals surface area contributed by atoms with Crippen molar-refractivity contribution in [2.24, 2.45) is 5.41 Å². The van der Waals surface area contributed by atoms with Crippen molar-refractivity contribution >= 4 is 23.2 Å². The highest BCUT2D eigenvalue weighted by molar-refractivity contribution is 7.07. The number of H-pyrrole nitrogens is 1. The van der Waals surface area contributed by atoms with Crippen LogP contribution in [0.25, 0.3) is 0 Å². The number of carbonyl (C=O) groups excluding carboxylic acids is 2. The summed E-state index contributed by atoms with van der Waals surface area (Å²) in [6, 6.07) is 0. The molecule has 1 atom stereocenters. The fraction of sp³-hybridized carbons (Fsp3) is 0.556. The molecular weight excluding hydrogens is 350 g/mol. The number of aromatic amines is 1. The summed E-state index contributed by atoms with van der Waals surface area (Å²) in [6.07, 6.45) is 7.75. The van der Waals surface area contributed by atoms with Crippen LogP contribution in [0.5, 0.6) is 0 Å². The van der Waals surface area contributed by atoms with Crippen molar-refractivity contribution in [3.63, 3.8) is 0 Å². The Morgan fingerprint density at radius 2 is 2.27 bits per heavy atom. The molecule has 2 fully saturated rings. The smallest absolute Gasteiger partial charge is 0.273 e. The van der Waals surface area contributed by atoms with Gasteiger partial charge < -0.3 is 14.8 Å². The van der Waals surface area contributed by atoms with E-state index in [4.69, 9.17) is 0 Å². The molecule has 2 amide bonds. The lowest BCUT2D eigenvalue weighted by Gasteiger charge is -2.48. The van der Waals surface area contributed by atoms with Gasteiger partial charge in [-0.25, -0.2) is 9.97 Å². The molecule has 4 rings (SSSR count). The fourth-order valence-corrected chi connectivity index (χ4v) is 4.70. The standard InChI is InChI=1S/C18H23N5O2S/c24-16-2-5-18(10-22(16)7-3-14-8-19-12-20-14)4-1-6-23(11-18)17(25)15-9-26-13-21-15/h8-9,12-13H,1-7,10-11H2,(H,19,20). The molecule has 7 nitrogen and oxygen atoms in total. The van der Waals surface area contributed by atoms with E-state index in [1.54, 1.807) is 18.0 Å². The Morgan fingerprint density at radius 3 is 3.04 bits per heavy atom. The van der Waals surface area contributed by atoms with Gasteiger partial charge in [-0.3, -0.25) is 9.59 Å². The van der Waals surface area contributed by atoms with Gasteiger partial charge >= 0.3 is 0 Å². The van der Waals surface area contributed by atoms with Gasteiger partial charge in [0.1, 0.15) is 5.69 Å². The average Bonchev–Trinajstić information content (AvgIpc) is 3.36. The van der Waals surface area contributed by atoms with Gasteiger partial charge in [0.2, 0.25) is 5.91 Å². The lowest BCUT2D eigenvalue weighted by molar-refractivity contribution is -0.138. The van der Waals surface area contributed by atoms with Crippen molar-refractivity contribution in [2.75, 3.05) is 26.2 Å². The van der Waals surface area contributed by atoms with Crippen LogP contribution in [0.15, 0.2) is 23.4 Å². The number of aromatic nitrogens is 3. The van der Waals surface area contributed by atoms with Gasteiger partial charge in [0, 0.05) is 61.7 Å².